The second kappa shape index (κ2) is 7.04. The summed E-state index contributed by atoms with van der Waals surface area (Å²) < 4.78 is 62.7. The Bertz CT molecular complexity index is 979. The lowest BCUT2D eigenvalue weighted by atomic mass is 10.2. The topological polar surface area (TPSA) is 70.8 Å². The zero-order valence-corrected chi connectivity index (χ0v) is 14.4. The van der Waals surface area contributed by atoms with Crippen LogP contribution in [-0.4, -0.2) is 13.4 Å². The fourth-order valence-electron chi connectivity index (χ4n) is 1.74. The lowest BCUT2D eigenvalue weighted by Gasteiger charge is -2.08. The molecule has 0 atom stereocenters. The Morgan fingerprint density at radius 2 is 1.80 bits per heavy atom. The summed E-state index contributed by atoms with van der Waals surface area (Å²) in [5.41, 5.74) is -1.36. The number of alkyl halides is 3. The van der Waals surface area contributed by atoms with Crippen molar-refractivity contribution >= 4 is 39.1 Å². The van der Waals surface area contributed by atoms with E-state index in [4.69, 9.17) is 28.5 Å². The van der Waals surface area contributed by atoms with Gasteiger partial charge in [0, 0.05) is 11.2 Å². The summed E-state index contributed by atoms with van der Waals surface area (Å²) in [6, 6.07) is 7.15. The lowest BCUT2D eigenvalue weighted by molar-refractivity contribution is -0.137. The normalized spacial score (nSPS) is 12.7. The van der Waals surface area contributed by atoms with Crippen LogP contribution in [0.4, 0.5) is 13.2 Å². The molecular weight excluding hydrogens is 400 g/mol. The van der Waals surface area contributed by atoms with Gasteiger partial charge >= 0.3 is 6.18 Å². The number of allylic oxidation sites excluding steroid dienone is 1. The summed E-state index contributed by atoms with van der Waals surface area (Å²) in [5, 5.41) is 9.00. The van der Waals surface area contributed by atoms with Crippen molar-refractivity contribution in [1.29, 1.82) is 5.26 Å². The highest BCUT2D eigenvalue weighted by Crippen LogP contribution is 2.32. The minimum atomic E-state index is -4.65. The SMILES string of the molecule is N#C/C(=C\c1ncc(C(F)(F)F)cc1Cl)S(=O)(=O)c1ccc(Cl)cc1. The van der Waals surface area contributed by atoms with E-state index in [0.717, 1.165) is 6.08 Å². The molecule has 1 aromatic heterocycles. The second-order valence-corrected chi connectivity index (χ2v) is 7.43. The average molecular weight is 407 g/mol. The third-order valence-electron chi connectivity index (χ3n) is 2.99. The number of aromatic nitrogens is 1. The van der Waals surface area contributed by atoms with Crippen LogP contribution in [0.1, 0.15) is 11.3 Å². The lowest BCUT2D eigenvalue weighted by Crippen LogP contribution is -2.07. The minimum absolute atomic E-state index is 0.201. The highest BCUT2D eigenvalue weighted by molar-refractivity contribution is 7.95. The first kappa shape index (κ1) is 19.2. The zero-order chi connectivity index (χ0) is 18.8. The predicted octanol–water partition coefficient (Wildman–Crippen LogP) is 4.75. The Hall–Kier alpha value is -2.08. The Kier molecular flexibility index (Phi) is 5.42. The van der Waals surface area contributed by atoms with Gasteiger partial charge in [-0.05, 0) is 36.4 Å². The molecule has 1 heterocycles. The van der Waals surface area contributed by atoms with Gasteiger partial charge in [0.05, 0.1) is 21.2 Å². The van der Waals surface area contributed by atoms with Crippen LogP contribution < -0.4 is 0 Å². The van der Waals surface area contributed by atoms with Crippen molar-refractivity contribution in [2.24, 2.45) is 0 Å². The van der Waals surface area contributed by atoms with E-state index in [9.17, 15) is 21.6 Å². The quantitative estimate of drug-likeness (QED) is 0.689. The standard InChI is InChI=1S/C15H7Cl2F3N2O2S/c16-10-1-3-11(4-2-10)25(23,24)12(7-21)6-14-13(17)5-9(8-22-14)15(18,19)20/h1-6,8H/b12-6+. The van der Waals surface area contributed by atoms with Gasteiger partial charge in [-0.2, -0.15) is 18.4 Å². The Morgan fingerprint density at radius 1 is 1.20 bits per heavy atom. The first-order valence-corrected chi connectivity index (χ1v) is 8.65. The van der Waals surface area contributed by atoms with E-state index in [1.54, 1.807) is 0 Å². The molecule has 0 aliphatic rings. The average Bonchev–Trinajstić information content (AvgIpc) is 2.53. The first-order valence-electron chi connectivity index (χ1n) is 6.41. The number of rotatable bonds is 3. The number of hydrogen-bond donors (Lipinski definition) is 0. The van der Waals surface area contributed by atoms with E-state index in [0.29, 0.717) is 17.3 Å². The summed E-state index contributed by atoms with van der Waals surface area (Å²) in [5.74, 6) is 0. The number of nitriles is 1. The molecule has 0 fully saturated rings. The second-order valence-electron chi connectivity index (χ2n) is 4.67. The molecule has 25 heavy (non-hydrogen) atoms. The van der Waals surface area contributed by atoms with Crippen LogP contribution >= 0.6 is 23.2 Å². The number of hydrogen-bond acceptors (Lipinski definition) is 4. The van der Waals surface area contributed by atoms with Crippen molar-refractivity contribution in [2.75, 3.05) is 0 Å². The third-order valence-corrected chi connectivity index (χ3v) is 5.22. The molecule has 0 saturated heterocycles. The van der Waals surface area contributed by atoms with Crippen LogP contribution in [0.3, 0.4) is 0 Å². The largest absolute Gasteiger partial charge is 0.417 e. The maximum Gasteiger partial charge on any atom is 0.417 e. The molecule has 0 saturated carbocycles. The van der Waals surface area contributed by atoms with Crippen molar-refractivity contribution in [3.8, 4) is 6.07 Å². The van der Waals surface area contributed by atoms with Gasteiger partial charge in [0.2, 0.25) is 9.84 Å². The van der Waals surface area contributed by atoms with Gasteiger partial charge < -0.3 is 0 Å². The van der Waals surface area contributed by atoms with Crippen LogP contribution in [-0.2, 0) is 16.0 Å². The summed E-state index contributed by atoms with van der Waals surface area (Å²) in [6.45, 7) is 0. The molecule has 0 bridgehead atoms. The van der Waals surface area contributed by atoms with Crippen molar-refractivity contribution in [1.82, 2.24) is 4.98 Å². The Balaban J connectivity index is 2.51. The third kappa shape index (κ3) is 4.31. The molecule has 0 unspecified atom stereocenters. The smallest absolute Gasteiger partial charge is 0.255 e. The van der Waals surface area contributed by atoms with Crippen molar-refractivity contribution in [3.63, 3.8) is 0 Å². The molecule has 0 N–H and O–H groups in total. The minimum Gasteiger partial charge on any atom is -0.255 e. The Labute approximate surface area is 151 Å². The monoisotopic (exact) mass is 406 g/mol. The number of halogens is 5. The van der Waals surface area contributed by atoms with Crippen LogP contribution in [0.2, 0.25) is 10.0 Å². The number of sulfone groups is 1. The summed E-state index contributed by atoms with van der Waals surface area (Å²) in [4.78, 5) is 2.57. The number of nitrogens with zero attached hydrogens (tertiary/aromatic N) is 2. The molecule has 2 aromatic rings. The zero-order valence-electron chi connectivity index (χ0n) is 12.1. The van der Waals surface area contributed by atoms with Gasteiger partial charge in [0.25, 0.3) is 0 Å². The molecule has 130 valence electrons. The van der Waals surface area contributed by atoms with E-state index in [1.807, 2.05) is 0 Å². The predicted molar refractivity (Wildman–Crippen MR) is 86.5 cm³/mol. The summed E-state index contributed by atoms with van der Waals surface area (Å²) in [7, 11) is -4.20. The summed E-state index contributed by atoms with van der Waals surface area (Å²) >= 11 is 11.4. The van der Waals surface area contributed by atoms with E-state index in [2.05, 4.69) is 4.98 Å². The van der Waals surface area contributed by atoms with Crippen LogP contribution in [0.5, 0.6) is 0 Å². The fraction of sp³-hybridized carbons (Fsp3) is 0.0667. The molecule has 4 nitrogen and oxygen atoms in total. The molecule has 0 aliphatic carbocycles. The number of pyridine rings is 1. The van der Waals surface area contributed by atoms with Crippen molar-refractivity contribution in [3.05, 3.63) is 62.7 Å². The molecule has 0 amide bonds. The van der Waals surface area contributed by atoms with Crippen LogP contribution in [0.25, 0.3) is 6.08 Å². The van der Waals surface area contributed by atoms with E-state index in [1.165, 1.54) is 30.3 Å². The van der Waals surface area contributed by atoms with Gasteiger partial charge in [0.1, 0.15) is 6.07 Å². The highest BCUT2D eigenvalue weighted by atomic mass is 35.5. The maximum absolute atomic E-state index is 12.6. The van der Waals surface area contributed by atoms with E-state index >= 15 is 0 Å². The molecule has 1 aromatic carbocycles. The molecule has 0 radical (unpaired) electrons. The maximum atomic E-state index is 12.6. The number of benzene rings is 1. The van der Waals surface area contributed by atoms with Gasteiger partial charge in [-0.15, -0.1) is 0 Å². The van der Waals surface area contributed by atoms with Gasteiger partial charge in [0.15, 0.2) is 4.91 Å². The molecule has 2 rings (SSSR count). The van der Waals surface area contributed by atoms with Crippen molar-refractivity contribution < 1.29 is 21.6 Å². The molecular formula is C15H7Cl2F3N2O2S. The van der Waals surface area contributed by atoms with Crippen LogP contribution in [0, 0.1) is 11.3 Å². The first-order chi connectivity index (χ1) is 11.6. The van der Waals surface area contributed by atoms with Gasteiger partial charge in [-0.3, -0.25) is 4.98 Å². The molecule has 10 heteroatoms. The van der Waals surface area contributed by atoms with Gasteiger partial charge in [-0.1, -0.05) is 23.2 Å². The van der Waals surface area contributed by atoms with Crippen LogP contribution in [0.15, 0.2) is 46.3 Å². The van der Waals surface area contributed by atoms with Gasteiger partial charge in [-0.25, -0.2) is 8.42 Å². The fourth-order valence-corrected chi connectivity index (χ4v) is 3.23. The van der Waals surface area contributed by atoms with Crippen molar-refractivity contribution in [2.45, 2.75) is 11.1 Å². The highest BCUT2D eigenvalue weighted by Gasteiger charge is 2.31. The Morgan fingerprint density at radius 3 is 2.28 bits per heavy atom. The molecule has 0 aliphatic heterocycles. The van der Waals surface area contributed by atoms with E-state index in [-0.39, 0.29) is 10.6 Å². The summed E-state index contributed by atoms with van der Waals surface area (Å²) in [6.07, 6.45) is -3.33. The molecule has 0 spiro atoms. The van der Waals surface area contributed by atoms with E-state index < -0.39 is 31.5 Å².